The van der Waals surface area contributed by atoms with Gasteiger partial charge < -0.3 is 0 Å². The van der Waals surface area contributed by atoms with Gasteiger partial charge in [0.15, 0.2) is 0 Å². The average Bonchev–Trinajstić information content (AvgIpc) is 2.73. The molecular formula is C11H7FN4O2. The average molecular weight is 246 g/mol. The van der Waals surface area contributed by atoms with E-state index in [0.29, 0.717) is 5.69 Å². The molecule has 7 heteroatoms. The quantitative estimate of drug-likeness (QED) is 0.671. The van der Waals surface area contributed by atoms with Crippen LogP contribution in [0.25, 0.3) is 11.3 Å². The van der Waals surface area contributed by atoms with E-state index in [1.165, 1.54) is 35.2 Å². The third-order valence-electron chi connectivity index (χ3n) is 2.57. The van der Waals surface area contributed by atoms with Gasteiger partial charge >= 0.3 is 11.2 Å². The van der Waals surface area contributed by atoms with Crippen molar-refractivity contribution in [2.75, 3.05) is 0 Å². The number of aromatic amines is 1. The number of H-pyrrole nitrogens is 1. The molecule has 90 valence electrons. The summed E-state index contributed by atoms with van der Waals surface area (Å²) in [6.45, 7) is 0. The Morgan fingerprint density at radius 1 is 1.22 bits per heavy atom. The molecule has 0 radical (unpaired) electrons. The van der Waals surface area contributed by atoms with E-state index in [-0.39, 0.29) is 5.65 Å². The highest BCUT2D eigenvalue weighted by Crippen LogP contribution is 2.07. The summed E-state index contributed by atoms with van der Waals surface area (Å²) in [7, 11) is 0. The van der Waals surface area contributed by atoms with Crippen LogP contribution in [-0.2, 0) is 0 Å². The lowest BCUT2D eigenvalue weighted by atomic mass is 10.3. The monoisotopic (exact) mass is 246 g/mol. The molecule has 0 saturated heterocycles. The molecule has 0 fully saturated rings. The van der Waals surface area contributed by atoms with Gasteiger partial charge in [-0.05, 0) is 18.2 Å². The molecule has 0 unspecified atom stereocenters. The maximum Gasteiger partial charge on any atom is 0.347 e. The molecule has 2 aromatic heterocycles. The largest absolute Gasteiger partial charge is 0.347 e. The summed E-state index contributed by atoms with van der Waals surface area (Å²) in [5.41, 5.74) is -0.653. The summed E-state index contributed by atoms with van der Waals surface area (Å²) in [6.07, 6.45) is 2.79. The van der Waals surface area contributed by atoms with Gasteiger partial charge in [0.25, 0.3) is 0 Å². The first-order chi connectivity index (χ1) is 8.66. The lowest BCUT2D eigenvalue weighted by Gasteiger charge is -2.04. The highest BCUT2D eigenvalue weighted by molar-refractivity contribution is 5.39. The summed E-state index contributed by atoms with van der Waals surface area (Å²) < 4.78 is 15.4. The molecule has 0 atom stereocenters. The number of nitrogens with one attached hydrogen (secondary N) is 1. The SMILES string of the molecule is O=c1c2n[nH]c(=O)n2ccn1-c1cccc(F)c1. The van der Waals surface area contributed by atoms with E-state index < -0.39 is 17.1 Å². The summed E-state index contributed by atoms with van der Waals surface area (Å²) in [4.78, 5) is 23.3. The van der Waals surface area contributed by atoms with Gasteiger partial charge in [0, 0.05) is 12.4 Å². The molecule has 18 heavy (non-hydrogen) atoms. The van der Waals surface area contributed by atoms with Crippen LogP contribution in [0.1, 0.15) is 0 Å². The first-order valence-corrected chi connectivity index (χ1v) is 5.11. The normalized spacial score (nSPS) is 10.9. The van der Waals surface area contributed by atoms with Gasteiger partial charge in [0.2, 0.25) is 5.65 Å². The van der Waals surface area contributed by atoms with Crippen molar-refractivity contribution in [2.45, 2.75) is 0 Å². The van der Waals surface area contributed by atoms with Crippen molar-refractivity contribution in [1.29, 1.82) is 0 Å². The molecule has 3 rings (SSSR count). The van der Waals surface area contributed by atoms with E-state index in [0.717, 1.165) is 4.40 Å². The number of rotatable bonds is 1. The van der Waals surface area contributed by atoms with Gasteiger partial charge in [0.05, 0.1) is 5.69 Å². The van der Waals surface area contributed by atoms with Crippen molar-refractivity contribution in [3.63, 3.8) is 0 Å². The fourth-order valence-corrected chi connectivity index (χ4v) is 1.73. The van der Waals surface area contributed by atoms with E-state index in [1.807, 2.05) is 0 Å². The predicted molar refractivity (Wildman–Crippen MR) is 61.4 cm³/mol. The van der Waals surface area contributed by atoms with Crippen LogP contribution in [0.4, 0.5) is 4.39 Å². The minimum absolute atomic E-state index is 0.0354. The van der Waals surface area contributed by atoms with Crippen molar-refractivity contribution in [2.24, 2.45) is 0 Å². The van der Waals surface area contributed by atoms with Crippen LogP contribution >= 0.6 is 0 Å². The smallest absolute Gasteiger partial charge is 0.279 e. The lowest BCUT2D eigenvalue weighted by Crippen LogP contribution is -2.22. The maximum absolute atomic E-state index is 13.1. The van der Waals surface area contributed by atoms with E-state index in [4.69, 9.17) is 0 Å². The fraction of sp³-hybridized carbons (Fsp3) is 0. The highest BCUT2D eigenvalue weighted by atomic mass is 19.1. The Morgan fingerprint density at radius 3 is 2.83 bits per heavy atom. The Kier molecular flexibility index (Phi) is 2.12. The molecular weight excluding hydrogens is 239 g/mol. The van der Waals surface area contributed by atoms with Crippen LogP contribution in [0.3, 0.4) is 0 Å². The number of aromatic nitrogens is 4. The molecule has 3 aromatic rings. The maximum atomic E-state index is 13.1. The van der Waals surface area contributed by atoms with E-state index in [2.05, 4.69) is 10.2 Å². The first kappa shape index (κ1) is 10.5. The van der Waals surface area contributed by atoms with Crippen LogP contribution in [0.5, 0.6) is 0 Å². The second-order valence-electron chi connectivity index (χ2n) is 3.68. The lowest BCUT2D eigenvalue weighted by molar-refractivity contribution is 0.626. The Hall–Kier alpha value is -2.70. The van der Waals surface area contributed by atoms with Gasteiger partial charge in [-0.2, -0.15) is 0 Å². The zero-order valence-electron chi connectivity index (χ0n) is 9.00. The summed E-state index contributed by atoms with van der Waals surface area (Å²) >= 11 is 0. The predicted octanol–water partition coefficient (Wildman–Crippen LogP) is 0.313. The van der Waals surface area contributed by atoms with Gasteiger partial charge in [-0.25, -0.2) is 18.7 Å². The van der Waals surface area contributed by atoms with Crippen LogP contribution in [-0.4, -0.2) is 19.2 Å². The molecule has 1 aromatic carbocycles. The second-order valence-corrected chi connectivity index (χ2v) is 3.68. The topological polar surface area (TPSA) is 72.2 Å². The zero-order valence-corrected chi connectivity index (χ0v) is 9.00. The number of halogens is 1. The molecule has 0 aliphatic heterocycles. The van der Waals surface area contributed by atoms with E-state index in [1.54, 1.807) is 6.07 Å². The zero-order chi connectivity index (χ0) is 12.7. The molecule has 0 bridgehead atoms. The molecule has 0 amide bonds. The third-order valence-corrected chi connectivity index (χ3v) is 2.57. The molecule has 2 heterocycles. The Balaban J connectivity index is 2.34. The van der Waals surface area contributed by atoms with Crippen LogP contribution in [0.15, 0.2) is 46.2 Å². The highest BCUT2D eigenvalue weighted by Gasteiger charge is 2.08. The number of fused-ring (bicyclic) bond motifs is 1. The summed E-state index contributed by atoms with van der Waals surface area (Å²) in [6, 6.07) is 5.60. The van der Waals surface area contributed by atoms with Gasteiger partial charge in [0.1, 0.15) is 5.82 Å². The molecule has 0 aliphatic carbocycles. The second kappa shape index (κ2) is 3.66. The number of hydrogen-bond donors (Lipinski definition) is 1. The van der Waals surface area contributed by atoms with Crippen LogP contribution < -0.4 is 11.2 Å². The Bertz CT molecular complexity index is 846. The van der Waals surface area contributed by atoms with E-state index >= 15 is 0 Å². The molecule has 0 spiro atoms. The van der Waals surface area contributed by atoms with Gasteiger partial charge in [-0.15, -0.1) is 5.10 Å². The first-order valence-electron chi connectivity index (χ1n) is 5.11. The van der Waals surface area contributed by atoms with Crippen molar-refractivity contribution in [1.82, 2.24) is 19.2 Å². The molecule has 0 saturated carbocycles. The fourth-order valence-electron chi connectivity index (χ4n) is 1.73. The van der Waals surface area contributed by atoms with E-state index in [9.17, 15) is 14.0 Å². The number of hydrogen-bond acceptors (Lipinski definition) is 3. The Labute approximate surface area is 98.9 Å². The summed E-state index contributed by atoms with van der Waals surface area (Å²) in [5, 5.41) is 5.80. The number of nitrogens with zero attached hydrogens (tertiary/aromatic N) is 3. The minimum Gasteiger partial charge on any atom is -0.279 e. The van der Waals surface area contributed by atoms with Gasteiger partial charge in [-0.3, -0.25) is 9.36 Å². The van der Waals surface area contributed by atoms with Gasteiger partial charge in [-0.1, -0.05) is 6.07 Å². The van der Waals surface area contributed by atoms with Crippen molar-refractivity contribution in [3.8, 4) is 5.69 Å². The minimum atomic E-state index is -0.499. The van der Waals surface area contributed by atoms with Crippen LogP contribution in [0, 0.1) is 5.82 Å². The molecule has 0 aliphatic rings. The van der Waals surface area contributed by atoms with Crippen molar-refractivity contribution >= 4 is 5.65 Å². The molecule has 1 N–H and O–H groups in total. The van der Waals surface area contributed by atoms with Crippen LogP contribution in [0.2, 0.25) is 0 Å². The third kappa shape index (κ3) is 1.45. The Morgan fingerprint density at radius 2 is 2.06 bits per heavy atom. The van der Waals surface area contributed by atoms with Crippen molar-refractivity contribution in [3.05, 3.63) is 63.3 Å². The molecule has 6 nitrogen and oxygen atoms in total. The van der Waals surface area contributed by atoms with Crippen molar-refractivity contribution < 1.29 is 4.39 Å². The summed E-state index contributed by atoms with van der Waals surface area (Å²) in [5.74, 6) is -0.446. The standard InChI is InChI=1S/C11H7FN4O2/c12-7-2-1-3-8(6-7)15-4-5-16-9(10(15)17)13-14-11(16)18/h1-6H,(H,14,18). The number of benzene rings is 1.